The molecule has 0 unspecified atom stereocenters. The summed E-state index contributed by atoms with van der Waals surface area (Å²) in [4.78, 5) is 18.1. The molecular formula is C16H17BrN2O4S. The Morgan fingerprint density at radius 2 is 2.21 bits per heavy atom. The van der Waals surface area contributed by atoms with Crippen molar-refractivity contribution in [2.24, 2.45) is 4.99 Å². The Hall–Kier alpha value is -1.35. The highest BCUT2D eigenvalue weighted by Crippen LogP contribution is 2.35. The first-order chi connectivity index (χ1) is 11.6. The number of morpholine rings is 1. The lowest BCUT2D eigenvalue weighted by atomic mass is 10.2. The monoisotopic (exact) mass is 412 g/mol. The Labute approximate surface area is 152 Å². The predicted octanol–water partition coefficient (Wildman–Crippen LogP) is 0.807. The van der Waals surface area contributed by atoms with Gasteiger partial charge in [0, 0.05) is 4.47 Å². The normalized spacial score (nSPS) is 20.5. The molecule has 2 aliphatic rings. The number of benzene rings is 1. The zero-order valence-corrected chi connectivity index (χ0v) is 15.5. The highest BCUT2D eigenvalue weighted by Gasteiger charge is 2.31. The number of hydrogen-bond acceptors (Lipinski definition) is 5. The van der Waals surface area contributed by atoms with Gasteiger partial charge in [-0.15, -0.1) is 4.99 Å². The molecule has 0 atom stereocenters. The van der Waals surface area contributed by atoms with Crippen LogP contribution >= 0.6 is 27.7 Å². The number of thioether (sulfide) groups is 1. The van der Waals surface area contributed by atoms with Crippen LogP contribution in [0.3, 0.4) is 0 Å². The number of hydrogen-bond donors (Lipinski definition) is 1. The van der Waals surface area contributed by atoms with E-state index in [-0.39, 0.29) is 17.4 Å². The van der Waals surface area contributed by atoms with Gasteiger partial charge in [-0.1, -0.05) is 21.7 Å². The molecule has 1 fully saturated rings. The van der Waals surface area contributed by atoms with E-state index in [2.05, 4.69) is 20.9 Å². The smallest absolute Gasteiger partial charge is 0.289 e. The van der Waals surface area contributed by atoms with Crippen LogP contribution in [-0.4, -0.2) is 44.0 Å². The van der Waals surface area contributed by atoms with Gasteiger partial charge in [-0.2, -0.15) is 0 Å². The largest absolute Gasteiger partial charge is 0.869 e. The molecule has 8 heteroatoms. The number of amides is 1. The fourth-order valence-electron chi connectivity index (χ4n) is 2.48. The summed E-state index contributed by atoms with van der Waals surface area (Å²) in [7, 11) is 0. The summed E-state index contributed by atoms with van der Waals surface area (Å²) in [6, 6.07) is 3.34. The van der Waals surface area contributed by atoms with Crippen molar-refractivity contribution in [2.45, 2.75) is 6.92 Å². The number of rotatable bonds is 3. The van der Waals surface area contributed by atoms with E-state index in [0.29, 0.717) is 29.2 Å². The van der Waals surface area contributed by atoms with Crippen molar-refractivity contribution in [3.63, 3.8) is 0 Å². The van der Waals surface area contributed by atoms with Crippen molar-refractivity contribution >= 4 is 44.8 Å². The quantitative estimate of drug-likeness (QED) is 0.743. The summed E-state index contributed by atoms with van der Waals surface area (Å²) in [5, 5.41) is 12.8. The first-order valence-electron chi connectivity index (χ1n) is 7.67. The molecule has 1 aromatic carbocycles. The zero-order chi connectivity index (χ0) is 17.1. The van der Waals surface area contributed by atoms with Gasteiger partial charge in [0.1, 0.15) is 18.8 Å². The van der Waals surface area contributed by atoms with Crippen molar-refractivity contribution in [3.05, 3.63) is 27.1 Å². The first-order valence-corrected chi connectivity index (χ1v) is 9.28. The van der Waals surface area contributed by atoms with Gasteiger partial charge in [-0.25, -0.2) is 0 Å². The lowest BCUT2D eigenvalue weighted by molar-refractivity contribution is -0.812. The van der Waals surface area contributed by atoms with Crippen LogP contribution in [0, 0.1) is 0 Å². The summed E-state index contributed by atoms with van der Waals surface area (Å²) >= 11 is 4.63. The summed E-state index contributed by atoms with van der Waals surface area (Å²) in [5.41, 5.74) is 0.731. The minimum atomic E-state index is -0.241. The van der Waals surface area contributed by atoms with Gasteiger partial charge in [0.2, 0.25) is 0 Å². The summed E-state index contributed by atoms with van der Waals surface area (Å²) in [6.45, 7) is 5.22. The number of aliphatic imine (C=N–C) groups is 1. The summed E-state index contributed by atoms with van der Waals surface area (Å²) in [5.74, 6) is -0.164. The number of carbonyl (C=O) groups excluding carboxylic acids is 1. The van der Waals surface area contributed by atoms with Crippen LogP contribution in [0.2, 0.25) is 0 Å². The van der Waals surface area contributed by atoms with Crippen LogP contribution in [0.1, 0.15) is 12.5 Å². The number of nitrogens with one attached hydrogen (secondary N) is 1. The van der Waals surface area contributed by atoms with Crippen molar-refractivity contribution in [1.29, 1.82) is 0 Å². The molecule has 128 valence electrons. The molecule has 24 heavy (non-hydrogen) atoms. The first kappa shape index (κ1) is 17.5. The molecular weight excluding hydrogens is 396 g/mol. The Bertz CT molecular complexity index is 714. The Kier molecular flexibility index (Phi) is 5.60. The fourth-order valence-corrected chi connectivity index (χ4v) is 3.95. The lowest BCUT2D eigenvalue weighted by Crippen LogP contribution is -3.15. The van der Waals surface area contributed by atoms with E-state index in [1.54, 1.807) is 18.2 Å². The molecule has 3 rings (SSSR count). The van der Waals surface area contributed by atoms with Crippen LogP contribution in [0.4, 0.5) is 0 Å². The predicted molar refractivity (Wildman–Crippen MR) is 94.3 cm³/mol. The van der Waals surface area contributed by atoms with E-state index in [1.165, 1.54) is 16.7 Å². The molecule has 0 radical (unpaired) electrons. The molecule has 1 aromatic rings. The van der Waals surface area contributed by atoms with Crippen LogP contribution in [-0.2, 0) is 9.53 Å². The molecule has 0 aromatic heterocycles. The lowest BCUT2D eigenvalue weighted by Gasteiger charge is -2.21. The third kappa shape index (κ3) is 3.83. The molecule has 0 spiro atoms. The fraction of sp³-hybridized carbons (Fsp3) is 0.375. The van der Waals surface area contributed by atoms with Gasteiger partial charge in [0.15, 0.2) is 0 Å². The Morgan fingerprint density at radius 1 is 1.46 bits per heavy atom. The maximum Gasteiger partial charge on any atom is 0.289 e. The van der Waals surface area contributed by atoms with Gasteiger partial charge in [0.05, 0.1) is 24.7 Å². The average Bonchev–Trinajstić information content (AvgIpc) is 2.94. The number of halogens is 1. The van der Waals surface area contributed by atoms with Gasteiger partial charge in [-0.05, 0) is 42.5 Å². The second-order valence-electron chi connectivity index (χ2n) is 5.31. The minimum absolute atomic E-state index is 0.195. The Balaban J connectivity index is 1.81. The minimum Gasteiger partial charge on any atom is -0.869 e. The van der Waals surface area contributed by atoms with Gasteiger partial charge in [0.25, 0.3) is 11.1 Å². The van der Waals surface area contributed by atoms with Gasteiger partial charge in [-0.3, -0.25) is 9.69 Å². The summed E-state index contributed by atoms with van der Waals surface area (Å²) in [6.07, 6.45) is 1.75. The molecule has 1 amide bonds. The maximum absolute atomic E-state index is 12.2. The van der Waals surface area contributed by atoms with Crippen LogP contribution < -0.4 is 14.7 Å². The van der Waals surface area contributed by atoms with Crippen LogP contribution in [0.5, 0.6) is 11.5 Å². The van der Waals surface area contributed by atoms with E-state index >= 15 is 0 Å². The topological polar surface area (TPSA) is 75.4 Å². The molecule has 0 aliphatic carbocycles. The number of quaternary nitrogens is 1. The van der Waals surface area contributed by atoms with E-state index in [1.807, 2.05) is 6.92 Å². The second-order valence-corrected chi connectivity index (χ2v) is 7.20. The molecule has 2 aliphatic heterocycles. The molecule has 2 heterocycles. The molecule has 1 saturated heterocycles. The zero-order valence-electron chi connectivity index (χ0n) is 13.1. The number of amidine groups is 1. The molecule has 1 N–H and O–H groups in total. The van der Waals surface area contributed by atoms with Crippen LogP contribution in [0.25, 0.3) is 6.08 Å². The van der Waals surface area contributed by atoms with Crippen molar-refractivity contribution in [3.8, 4) is 11.5 Å². The van der Waals surface area contributed by atoms with Crippen molar-refractivity contribution in [2.75, 3.05) is 32.9 Å². The van der Waals surface area contributed by atoms with Crippen molar-refractivity contribution < 1.29 is 24.3 Å². The van der Waals surface area contributed by atoms with E-state index < -0.39 is 0 Å². The highest BCUT2D eigenvalue weighted by molar-refractivity contribution is 9.10. The van der Waals surface area contributed by atoms with E-state index in [9.17, 15) is 9.90 Å². The molecule has 0 saturated carbocycles. The standard InChI is InChI=1S/C16H17BrN2O4S/c1-2-23-12-8-10(7-11(17)14(12)20)9-13-15(21)18-16(24-13)19-3-5-22-6-4-19/h7-9,20H,2-6H2,1H3. The van der Waals surface area contributed by atoms with Gasteiger partial charge >= 0.3 is 0 Å². The average molecular weight is 413 g/mol. The Morgan fingerprint density at radius 3 is 2.92 bits per heavy atom. The maximum atomic E-state index is 12.2. The van der Waals surface area contributed by atoms with E-state index in [4.69, 9.17) is 9.47 Å². The molecule has 6 nitrogen and oxygen atoms in total. The van der Waals surface area contributed by atoms with Crippen LogP contribution in [0.15, 0.2) is 26.5 Å². The summed E-state index contributed by atoms with van der Waals surface area (Å²) < 4.78 is 11.1. The highest BCUT2D eigenvalue weighted by atomic mass is 79.9. The third-order valence-corrected chi connectivity index (χ3v) is 5.32. The van der Waals surface area contributed by atoms with Crippen molar-refractivity contribution in [1.82, 2.24) is 0 Å². The van der Waals surface area contributed by atoms with E-state index in [0.717, 1.165) is 23.8 Å². The molecule has 0 bridgehead atoms. The third-order valence-electron chi connectivity index (χ3n) is 3.65. The number of ether oxygens (including phenoxy) is 2. The SMILES string of the molecule is CCOc1cc(C=C2SC([NH+]3CCOCC3)=NC2=O)cc(Br)c1[O-]. The second kappa shape index (κ2) is 7.69. The number of nitrogens with zero attached hydrogens (tertiary/aromatic N) is 1. The number of carbonyl (C=O) groups is 1. The van der Waals surface area contributed by atoms with Gasteiger partial charge < -0.3 is 14.6 Å².